The Morgan fingerprint density at radius 2 is 1.94 bits per heavy atom. The predicted octanol–water partition coefficient (Wildman–Crippen LogP) is 4.94. The van der Waals surface area contributed by atoms with E-state index in [4.69, 9.17) is 15.1 Å². The SMILES string of the molecule is Cc1nc(C)c(-c2nc(-c3nn(Cc4ccccc4F)c4c3C=CCN4)nc3c2C(C)(C)C(=O)N3)s1. The van der Waals surface area contributed by atoms with Gasteiger partial charge in [0, 0.05) is 23.2 Å². The molecule has 182 valence electrons. The molecule has 0 saturated carbocycles. The van der Waals surface area contributed by atoms with Crippen LogP contribution in [0.2, 0.25) is 0 Å². The number of carbonyl (C=O) groups is 1. The second-order valence-electron chi connectivity index (χ2n) is 9.49. The van der Waals surface area contributed by atoms with Crippen LogP contribution >= 0.6 is 11.3 Å². The van der Waals surface area contributed by atoms with Crippen molar-refractivity contribution in [1.29, 1.82) is 0 Å². The molecule has 36 heavy (non-hydrogen) atoms. The van der Waals surface area contributed by atoms with Crippen molar-refractivity contribution in [3.63, 3.8) is 0 Å². The summed E-state index contributed by atoms with van der Waals surface area (Å²) < 4.78 is 16.2. The molecular formula is C26H24FN7OS. The van der Waals surface area contributed by atoms with Crippen LogP contribution in [0.4, 0.5) is 16.0 Å². The quantitative estimate of drug-likeness (QED) is 0.411. The Hall–Kier alpha value is -3.92. The first-order valence-electron chi connectivity index (χ1n) is 11.7. The number of carbonyl (C=O) groups excluding carboxylic acids is 1. The van der Waals surface area contributed by atoms with E-state index in [1.54, 1.807) is 28.2 Å². The van der Waals surface area contributed by atoms with Gasteiger partial charge in [0.25, 0.3) is 0 Å². The van der Waals surface area contributed by atoms with Crippen molar-refractivity contribution >= 4 is 35.0 Å². The van der Waals surface area contributed by atoms with E-state index in [0.29, 0.717) is 35.1 Å². The van der Waals surface area contributed by atoms with Gasteiger partial charge in [-0.3, -0.25) is 4.79 Å². The highest BCUT2D eigenvalue weighted by Crippen LogP contribution is 2.45. The average molecular weight is 502 g/mol. The van der Waals surface area contributed by atoms with Crippen LogP contribution in [-0.4, -0.2) is 37.2 Å². The van der Waals surface area contributed by atoms with Gasteiger partial charge in [-0.15, -0.1) is 11.3 Å². The number of nitrogens with zero attached hydrogens (tertiary/aromatic N) is 5. The lowest BCUT2D eigenvalue weighted by atomic mass is 9.85. The number of fused-ring (bicyclic) bond motifs is 2. The molecule has 6 rings (SSSR count). The molecule has 0 saturated heterocycles. The maximum Gasteiger partial charge on any atom is 0.235 e. The number of thiazole rings is 1. The smallest absolute Gasteiger partial charge is 0.235 e. The molecule has 2 aliphatic rings. The van der Waals surface area contributed by atoms with E-state index in [0.717, 1.165) is 32.5 Å². The lowest BCUT2D eigenvalue weighted by molar-refractivity contribution is -0.119. The summed E-state index contributed by atoms with van der Waals surface area (Å²) in [6.07, 6.45) is 3.98. The van der Waals surface area contributed by atoms with Gasteiger partial charge in [0.15, 0.2) is 5.82 Å². The van der Waals surface area contributed by atoms with Gasteiger partial charge < -0.3 is 10.6 Å². The van der Waals surface area contributed by atoms with E-state index < -0.39 is 5.41 Å². The molecule has 2 N–H and O–H groups in total. The zero-order chi connectivity index (χ0) is 25.2. The minimum absolute atomic E-state index is 0.127. The highest BCUT2D eigenvalue weighted by atomic mass is 32.1. The largest absolute Gasteiger partial charge is 0.366 e. The zero-order valence-corrected chi connectivity index (χ0v) is 21.1. The Bertz CT molecular complexity index is 1580. The molecule has 5 heterocycles. The number of aryl methyl sites for hydroxylation is 2. The minimum atomic E-state index is -0.793. The predicted molar refractivity (Wildman–Crippen MR) is 139 cm³/mol. The van der Waals surface area contributed by atoms with Gasteiger partial charge >= 0.3 is 0 Å². The molecule has 0 fully saturated rings. The first-order chi connectivity index (χ1) is 17.2. The maximum absolute atomic E-state index is 14.4. The summed E-state index contributed by atoms with van der Waals surface area (Å²) in [5, 5.41) is 12.0. The fourth-order valence-electron chi connectivity index (χ4n) is 4.76. The number of amides is 1. The number of halogens is 1. The molecular weight excluding hydrogens is 477 g/mol. The van der Waals surface area contributed by atoms with Crippen molar-refractivity contribution in [2.24, 2.45) is 0 Å². The second kappa shape index (κ2) is 8.06. The van der Waals surface area contributed by atoms with Gasteiger partial charge in [-0.2, -0.15) is 5.10 Å². The summed E-state index contributed by atoms with van der Waals surface area (Å²) in [7, 11) is 0. The molecule has 0 atom stereocenters. The third-order valence-electron chi connectivity index (χ3n) is 6.60. The number of aromatic nitrogens is 5. The summed E-state index contributed by atoms with van der Waals surface area (Å²) in [5.41, 5.74) is 3.43. The topological polar surface area (TPSA) is 97.6 Å². The summed E-state index contributed by atoms with van der Waals surface area (Å²) in [4.78, 5) is 28.1. The Balaban J connectivity index is 1.56. The molecule has 8 nitrogen and oxygen atoms in total. The van der Waals surface area contributed by atoms with Gasteiger partial charge in [0.05, 0.1) is 33.2 Å². The highest BCUT2D eigenvalue weighted by molar-refractivity contribution is 7.15. The number of nitrogens with one attached hydrogen (secondary N) is 2. The van der Waals surface area contributed by atoms with Crippen LogP contribution in [0.15, 0.2) is 30.3 Å². The molecule has 4 aromatic rings. The monoisotopic (exact) mass is 501 g/mol. The molecule has 0 bridgehead atoms. The van der Waals surface area contributed by atoms with Crippen molar-refractivity contribution in [2.45, 2.75) is 39.7 Å². The molecule has 1 amide bonds. The third kappa shape index (κ3) is 3.43. The van der Waals surface area contributed by atoms with Crippen LogP contribution < -0.4 is 10.6 Å². The van der Waals surface area contributed by atoms with Crippen LogP contribution in [0.25, 0.3) is 28.2 Å². The summed E-state index contributed by atoms with van der Waals surface area (Å²) in [5.74, 6) is 1.24. The van der Waals surface area contributed by atoms with Crippen molar-refractivity contribution in [3.8, 4) is 22.1 Å². The Morgan fingerprint density at radius 1 is 1.14 bits per heavy atom. The van der Waals surface area contributed by atoms with Gasteiger partial charge in [-0.25, -0.2) is 24.0 Å². The van der Waals surface area contributed by atoms with Gasteiger partial charge in [-0.05, 0) is 33.8 Å². The molecule has 0 spiro atoms. The average Bonchev–Trinajstić information content (AvgIpc) is 3.46. The summed E-state index contributed by atoms with van der Waals surface area (Å²) >= 11 is 1.54. The number of benzene rings is 1. The van der Waals surface area contributed by atoms with Crippen molar-refractivity contribution in [3.05, 3.63) is 63.6 Å². The zero-order valence-electron chi connectivity index (χ0n) is 20.3. The maximum atomic E-state index is 14.4. The van der Waals surface area contributed by atoms with Gasteiger partial charge in [-0.1, -0.05) is 30.4 Å². The summed E-state index contributed by atoms with van der Waals surface area (Å²) in [6, 6.07) is 6.67. The Kier molecular flexibility index (Phi) is 5.04. The first kappa shape index (κ1) is 22.5. The van der Waals surface area contributed by atoms with E-state index in [2.05, 4.69) is 15.6 Å². The van der Waals surface area contributed by atoms with Gasteiger partial charge in [0.2, 0.25) is 5.91 Å². The molecule has 0 radical (unpaired) electrons. The van der Waals surface area contributed by atoms with Crippen molar-refractivity contribution < 1.29 is 9.18 Å². The molecule has 10 heteroatoms. The molecule has 1 aromatic carbocycles. The summed E-state index contributed by atoms with van der Waals surface area (Å²) in [6.45, 7) is 8.54. The Morgan fingerprint density at radius 3 is 2.69 bits per heavy atom. The van der Waals surface area contributed by atoms with Crippen molar-refractivity contribution in [2.75, 3.05) is 17.2 Å². The minimum Gasteiger partial charge on any atom is -0.366 e. The number of rotatable bonds is 4. The first-order valence-corrected chi connectivity index (χ1v) is 12.5. The molecule has 2 aliphatic heterocycles. The van der Waals surface area contributed by atoms with Crippen LogP contribution in [0.5, 0.6) is 0 Å². The van der Waals surface area contributed by atoms with Crippen LogP contribution in [0, 0.1) is 19.7 Å². The third-order valence-corrected chi connectivity index (χ3v) is 7.68. The van der Waals surface area contributed by atoms with Crippen LogP contribution in [0.3, 0.4) is 0 Å². The van der Waals surface area contributed by atoms with E-state index in [9.17, 15) is 9.18 Å². The van der Waals surface area contributed by atoms with Gasteiger partial charge in [0.1, 0.15) is 23.1 Å². The lowest BCUT2D eigenvalue weighted by Crippen LogP contribution is -2.27. The fourth-order valence-corrected chi connectivity index (χ4v) is 5.68. The second-order valence-corrected chi connectivity index (χ2v) is 10.7. The van der Waals surface area contributed by atoms with Crippen molar-refractivity contribution in [1.82, 2.24) is 24.7 Å². The Labute approximate surface area is 211 Å². The van der Waals surface area contributed by atoms with E-state index in [-0.39, 0.29) is 18.3 Å². The fraction of sp³-hybridized carbons (Fsp3) is 0.269. The number of hydrogen-bond donors (Lipinski definition) is 2. The molecule has 3 aromatic heterocycles. The van der Waals surface area contributed by atoms with E-state index >= 15 is 0 Å². The number of hydrogen-bond acceptors (Lipinski definition) is 7. The molecule has 0 unspecified atom stereocenters. The van der Waals surface area contributed by atoms with E-state index in [1.807, 2.05) is 45.9 Å². The standard InChI is InChI=1S/C26H24FN7OS/c1-13-21(36-14(2)29-13)20-18-22(32-25(35)26(18,3)4)31-23(30-20)19-16-9-7-11-28-24(16)34(33-19)12-15-8-5-6-10-17(15)27/h5-10,28H,11-12H2,1-4H3,(H,30,31,32,35). The normalized spacial score (nSPS) is 15.4. The van der Waals surface area contributed by atoms with Crippen LogP contribution in [0.1, 0.15) is 41.2 Å². The number of anilines is 2. The van der Waals surface area contributed by atoms with E-state index in [1.165, 1.54) is 6.07 Å². The lowest BCUT2D eigenvalue weighted by Gasteiger charge is -2.18. The molecule has 0 aliphatic carbocycles. The highest BCUT2D eigenvalue weighted by Gasteiger charge is 2.43. The van der Waals surface area contributed by atoms with Crippen LogP contribution in [-0.2, 0) is 16.8 Å².